The predicted octanol–water partition coefficient (Wildman–Crippen LogP) is 3.63. The zero-order valence-electron chi connectivity index (χ0n) is 15.9. The van der Waals surface area contributed by atoms with Gasteiger partial charge < -0.3 is 10.2 Å². The van der Waals surface area contributed by atoms with E-state index in [2.05, 4.69) is 10.3 Å². The van der Waals surface area contributed by atoms with E-state index in [9.17, 15) is 9.59 Å². The molecule has 27 heavy (non-hydrogen) atoms. The molecule has 6 heteroatoms. The molecule has 0 saturated heterocycles. The van der Waals surface area contributed by atoms with Gasteiger partial charge in [0.2, 0.25) is 5.82 Å². The van der Waals surface area contributed by atoms with E-state index in [0.717, 1.165) is 17.7 Å². The Morgan fingerprint density at radius 1 is 1.04 bits per heavy atom. The molecule has 0 aliphatic heterocycles. The fourth-order valence-electron chi connectivity index (χ4n) is 3.14. The number of nitrogens with zero attached hydrogens (tertiary/aromatic N) is 3. The first-order chi connectivity index (χ1) is 13.1. The maximum atomic E-state index is 12.9. The summed E-state index contributed by atoms with van der Waals surface area (Å²) in [6, 6.07) is 13.1. The molecule has 0 radical (unpaired) electrons. The van der Waals surface area contributed by atoms with Crippen LogP contribution in [0.15, 0.2) is 48.7 Å². The van der Waals surface area contributed by atoms with Gasteiger partial charge in [-0.1, -0.05) is 31.2 Å². The number of hydrogen-bond acceptors (Lipinski definition) is 3. The van der Waals surface area contributed by atoms with Crippen LogP contribution in [-0.4, -0.2) is 39.2 Å². The van der Waals surface area contributed by atoms with E-state index in [1.165, 1.54) is 0 Å². The standard InChI is InChI=1S/C21H24N4O2/c1-4-15-11-7-8-12-16(15)22-20(26)18-17-13-9-10-14-25(17)19(23-18)21(27)24(5-2)6-3/h7-14H,4-6H2,1-3H3,(H,22,26). The Morgan fingerprint density at radius 2 is 1.74 bits per heavy atom. The summed E-state index contributed by atoms with van der Waals surface area (Å²) in [5.41, 5.74) is 2.67. The lowest BCUT2D eigenvalue weighted by Gasteiger charge is -2.17. The van der Waals surface area contributed by atoms with Crippen molar-refractivity contribution < 1.29 is 9.59 Å². The molecule has 2 aromatic heterocycles. The third-order valence-corrected chi connectivity index (χ3v) is 4.65. The van der Waals surface area contributed by atoms with Crippen LogP contribution in [0, 0.1) is 0 Å². The summed E-state index contributed by atoms with van der Waals surface area (Å²) < 4.78 is 1.68. The number of pyridine rings is 1. The summed E-state index contributed by atoms with van der Waals surface area (Å²) in [5, 5.41) is 2.94. The number of benzene rings is 1. The highest BCUT2D eigenvalue weighted by atomic mass is 16.2. The topological polar surface area (TPSA) is 66.7 Å². The molecule has 0 fully saturated rings. The number of rotatable bonds is 6. The number of fused-ring (bicyclic) bond motifs is 1. The monoisotopic (exact) mass is 364 g/mol. The molecule has 3 rings (SSSR count). The molecular formula is C21H24N4O2. The SMILES string of the molecule is CCc1ccccc1NC(=O)c1nc(C(=O)N(CC)CC)n2ccccc12. The lowest BCUT2D eigenvalue weighted by Crippen LogP contribution is -2.32. The van der Waals surface area contributed by atoms with Crippen LogP contribution in [0.25, 0.3) is 5.52 Å². The second-order valence-electron chi connectivity index (χ2n) is 6.18. The molecule has 0 aliphatic carbocycles. The largest absolute Gasteiger partial charge is 0.337 e. The number of anilines is 1. The number of carbonyl (C=O) groups excluding carboxylic acids is 2. The quantitative estimate of drug-likeness (QED) is 0.726. The van der Waals surface area contributed by atoms with Gasteiger partial charge in [0.05, 0.1) is 5.52 Å². The van der Waals surface area contributed by atoms with Gasteiger partial charge in [0.1, 0.15) is 0 Å². The Morgan fingerprint density at radius 3 is 2.44 bits per heavy atom. The first kappa shape index (κ1) is 18.6. The highest BCUT2D eigenvalue weighted by Crippen LogP contribution is 2.19. The van der Waals surface area contributed by atoms with E-state index in [0.29, 0.717) is 18.6 Å². The van der Waals surface area contributed by atoms with Gasteiger partial charge in [0.25, 0.3) is 11.8 Å². The molecular weight excluding hydrogens is 340 g/mol. The fourth-order valence-corrected chi connectivity index (χ4v) is 3.14. The number of imidazole rings is 1. The van der Waals surface area contributed by atoms with E-state index in [4.69, 9.17) is 0 Å². The minimum absolute atomic E-state index is 0.186. The molecule has 2 heterocycles. The normalized spacial score (nSPS) is 10.8. The van der Waals surface area contributed by atoms with Crippen LogP contribution in [0.1, 0.15) is 47.4 Å². The second-order valence-corrected chi connectivity index (χ2v) is 6.18. The molecule has 1 aromatic carbocycles. The molecule has 6 nitrogen and oxygen atoms in total. The number of carbonyl (C=O) groups is 2. The van der Waals surface area contributed by atoms with Crippen LogP contribution in [0.5, 0.6) is 0 Å². The molecule has 0 unspecified atom stereocenters. The van der Waals surface area contributed by atoms with Crippen LogP contribution in [0.4, 0.5) is 5.69 Å². The summed E-state index contributed by atoms with van der Waals surface area (Å²) in [6.07, 6.45) is 2.57. The molecule has 0 atom stereocenters. The number of nitrogens with one attached hydrogen (secondary N) is 1. The molecule has 0 saturated carbocycles. The van der Waals surface area contributed by atoms with Gasteiger partial charge in [-0.3, -0.25) is 14.0 Å². The van der Waals surface area contributed by atoms with E-state index >= 15 is 0 Å². The van der Waals surface area contributed by atoms with E-state index in [1.807, 2.05) is 57.2 Å². The van der Waals surface area contributed by atoms with Crippen molar-refractivity contribution in [3.8, 4) is 0 Å². The van der Waals surface area contributed by atoms with Crippen LogP contribution in [0.2, 0.25) is 0 Å². The summed E-state index contributed by atoms with van der Waals surface area (Å²) in [6.45, 7) is 7.06. The average Bonchev–Trinajstić information content (AvgIpc) is 3.09. The van der Waals surface area contributed by atoms with Crippen molar-refractivity contribution in [3.63, 3.8) is 0 Å². The molecule has 3 aromatic rings. The number of hydrogen-bond donors (Lipinski definition) is 1. The van der Waals surface area contributed by atoms with Crippen LogP contribution >= 0.6 is 0 Å². The molecule has 2 amide bonds. The van der Waals surface area contributed by atoms with Crippen LogP contribution < -0.4 is 5.32 Å². The Hall–Kier alpha value is -3.15. The molecule has 1 N–H and O–H groups in total. The third-order valence-electron chi connectivity index (χ3n) is 4.65. The summed E-state index contributed by atoms with van der Waals surface area (Å²) in [4.78, 5) is 31.9. The van der Waals surface area contributed by atoms with Crippen molar-refractivity contribution in [2.24, 2.45) is 0 Å². The smallest absolute Gasteiger partial charge is 0.290 e. The number of aryl methyl sites for hydroxylation is 1. The van der Waals surface area contributed by atoms with Crippen molar-refractivity contribution in [2.75, 3.05) is 18.4 Å². The molecule has 0 aliphatic rings. The highest BCUT2D eigenvalue weighted by Gasteiger charge is 2.24. The fraction of sp³-hybridized carbons (Fsp3) is 0.286. The highest BCUT2D eigenvalue weighted by molar-refractivity contribution is 6.09. The third kappa shape index (κ3) is 3.56. The zero-order chi connectivity index (χ0) is 19.4. The molecule has 140 valence electrons. The minimum Gasteiger partial charge on any atom is -0.337 e. The van der Waals surface area contributed by atoms with Gasteiger partial charge in [-0.2, -0.15) is 0 Å². The first-order valence-corrected chi connectivity index (χ1v) is 9.26. The van der Waals surface area contributed by atoms with Gasteiger partial charge in [-0.05, 0) is 44.0 Å². The molecule has 0 spiro atoms. The van der Waals surface area contributed by atoms with E-state index < -0.39 is 0 Å². The van der Waals surface area contributed by atoms with Crippen molar-refractivity contribution in [3.05, 3.63) is 65.7 Å². The average molecular weight is 364 g/mol. The maximum absolute atomic E-state index is 12.9. The zero-order valence-corrected chi connectivity index (χ0v) is 15.9. The Labute approximate surface area is 158 Å². The number of para-hydroxylation sites is 1. The lowest BCUT2D eigenvalue weighted by molar-refractivity contribution is 0.0760. The van der Waals surface area contributed by atoms with Gasteiger partial charge in [-0.15, -0.1) is 0 Å². The van der Waals surface area contributed by atoms with Crippen molar-refractivity contribution in [1.82, 2.24) is 14.3 Å². The number of amides is 2. The molecule has 0 bridgehead atoms. The Balaban J connectivity index is 2.02. The van der Waals surface area contributed by atoms with Gasteiger partial charge in [-0.25, -0.2) is 4.98 Å². The van der Waals surface area contributed by atoms with Gasteiger partial charge in [0.15, 0.2) is 5.69 Å². The lowest BCUT2D eigenvalue weighted by atomic mass is 10.1. The van der Waals surface area contributed by atoms with Gasteiger partial charge in [0, 0.05) is 25.0 Å². The van der Waals surface area contributed by atoms with Crippen LogP contribution in [-0.2, 0) is 6.42 Å². The van der Waals surface area contributed by atoms with Crippen molar-refractivity contribution in [2.45, 2.75) is 27.2 Å². The van der Waals surface area contributed by atoms with E-state index in [1.54, 1.807) is 21.6 Å². The van der Waals surface area contributed by atoms with Crippen molar-refractivity contribution >= 4 is 23.0 Å². The Kier molecular flexibility index (Phi) is 5.54. The number of aromatic nitrogens is 2. The van der Waals surface area contributed by atoms with Crippen LogP contribution in [0.3, 0.4) is 0 Å². The summed E-state index contributed by atoms with van der Waals surface area (Å²) in [5.74, 6) is -0.254. The van der Waals surface area contributed by atoms with E-state index in [-0.39, 0.29) is 23.3 Å². The van der Waals surface area contributed by atoms with Crippen molar-refractivity contribution in [1.29, 1.82) is 0 Å². The summed E-state index contributed by atoms with van der Waals surface area (Å²) in [7, 11) is 0. The summed E-state index contributed by atoms with van der Waals surface area (Å²) >= 11 is 0. The Bertz CT molecular complexity index is 973. The van der Waals surface area contributed by atoms with Gasteiger partial charge >= 0.3 is 0 Å². The predicted molar refractivity (Wildman–Crippen MR) is 106 cm³/mol. The maximum Gasteiger partial charge on any atom is 0.290 e. The second kappa shape index (κ2) is 8.03. The minimum atomic E-state index is -0.321. The first-order valence-electron chi connectivity index (χ1n) is 9.26.